The highest BCUT2D eigenvalue weighted by Gasteiger charge is 2.10. The zero-order valence-electron chi connectivity index (χ0n) is 9.67. The molecule has 3 N–H and O–H groups in total. The van der Waals surface area contributed by atoms with E-state index >= 15 is 0 Å². The molecule has 2 heterocycles. The van der Waals surface area contributed by atoms with E-state index in [1.54, 1.807) is 0 Å². The molecule has 4 nitrogen and oxygen atoms in total. The lowest BCUT2D eigenvalue weighted by atomic mass is 10.1. The van der Waals surface area contributed by atoms with Crippen LogP contribution in [0.15, 0.2) is 12.4 Å². The van der Waals surface area contributed by atoms with Crippen LogP contribution in [0.3, 0.4) is 0 Å². The van der Waals surface area contributed by atoms with Crippen LogP contribution in [0.5, 0.6) is 5.75 Å². The van der Waals surface area contributed by atoms with Crippen molar-refractivity contribution in [3.8, 4) is 5.75 Å². The summed E-state index contributed by atoms with van der Waals surface area (Å²) in [6.07, 6.45) is 4.38. The third kappa shape index (κ3) is 1.88. The second kappa shape index (κ2) is 4.53. The van der Waals surface area contributed by atoms with Gasteiger partial charge in [0, 0.05) is 11.6 Å². The van der Waals surface area contributed by atoms with E-state index in [4.69, 9.17) is 0 Å². The van der Waals surface area contributed by atoms with E-state index in [1.165, 1.54) is 6.20 Å². The number of nitrogens with one attached hydrogen (secondary N) is 2. The molecule has 4 heteroatoms. The van der Waals surface area contributed by atoms with E-state index in [0.717, 1.165) is 41.7 Å². The highest BCUT2D eigenvalue weighted by Crippen LogP contribution is 2.28. The fourth-order valence-corrected chi connectivity index (χ4v) is 1.93. The van der Waals surface area contributed by atoms with Crippen LogP contribution < -0.4 is 5.32 Å². The van der Waals surface area contributed by atoms with Crippen molar-refractivity contribution >= 4 is 10.9 Å². The van der Waals surface area contributed by atoms with Crippen molar-refractivity contribution in [2.24, 2.45) is 0 Å². The van der Waals surface area contributed by atoms with Crippen molar-refractivity contribution in [2.45, 2.75) is 20.3 Å². The van der Waals surface area contributed by atoms with Crippen molar-refractivity contribution in [3.63, 3.8) is 0 Å². The van der Waals surface area contributed by atoms with E-state index in [9.17, 15) is 5.11 Å². The minimum atomic E-state index is 0.258. The van der Waals surface area contributed by atoms with E-state index in [-0.39, 0.29) is 5.75 Å². The van der Waals surface area contributed by atoms with Gasteiger partial charge in [-0.15, -0.1) is 0 Å². The molecular weight excluding hydrogens is 202 g/mol. The first-order chi connectivity index (χ1) is 7.74. The molecule has 0 aliphatic carbocycles. The Morgan fingerprint density at radius 2 is 2.31 bits per heavy atom. The van der Waals surface area contributed by atoms with Crippen LogP contribution in [0.25, 0.3) is 10.9 Å². The van der Waals surface area contributed by atoms with Crippen LogP contribution >= 0.6 is 0 Å². The Morgan fingerprint density at radius 1 is 1.50 bits per heavy atom. The maximum Gasteiger partial charge on any atom is 0.143 e. The summed E-state index contributed by atoms with van der Waals surface area (Å²) in [6.45, 7) is 5.91. The number of aromatic hydroxyl groups is 1. The summed E-state index contributed by atoms with van der Waals surface area (Å²) in [7, 11) is 0. The van der Waals surface area contributed by atoms with Gasteiger partial charge in [0.05, 0.1) is 17.4 Å². The molecule has 0 fully saturated rings. The normalized spacial score (nSPS) is 11.1. The lowest BCUT2D eigenvalue weighted by Crippen LogP contribution is -2.15. The number of aromatic amines is 1. The van der Waals surface area contributed by atoms with Crippen LogP contribution in [-0.4, -0.2) is 28.2 Å². The van der Waals surface area contributed by atoms with E-state index in [1.807, 2.05) is 13.1 Å². The highest BCUT2D eigenvalue weighted by atomic mass is 16.3. The summed E-state index contributed by atoms with van der Waals surface area (Å²) in [5.41, 5.74) is 2.99. The minimum Gasteiger partial charge on any atom is -0.506 e. The molecule has 0 bridgehead atoms. The van der Waals surface area contributed by atoms with Gasteiger partial charge in [0.15, 0.2) is 0 Å². The van der Waals surface area contributed by atoms with Gasteiger partial charge < -0.3 is 15.4 Å². The van der Waals surface area contributed by atoms with Gasteiger partial charge in [-0.2, -0.15) is 0 Å². The van der Waals surface area contributed by atoms with Crippen LogP contribution in [0, 0.1) is 6.92 Å². The molecule has 2 rings (SSSR count). The second-order valence-corrected chi connectivity index (χ2v) is 3.90. The summed E-state index contributed by atoms with van der Waals surface area (Å²) in [4.78, 5) is 7.29. The Bertz CT molecular complexity index is 490. The third-order valence-electron chi connectivity index (χ3n) is 2.78. The molecule has 0 saturated heterocycles. The number of hydrogen-bond acceptors (Lipinski definition) is 3. The first-order valence-corrected chi connectivity index (χ1v) is 5.59. The Labute approximate surface area is 94.7 Å². The van der Waals surface area contributed by atoms with Gasteiger partial charge in [0.25, 0.3) is 0 Å². The number of aromatic nitrogens is 2. The van der Waals surface area contributed by atoms with Gasteiger partial charge in [0.1, 0.15) is 5.75 Å². The average Bonchev–Trinajstić information content (AvgIpc) is 2.69. The van der Waals surface area contributed by atoms with Crippen molar-refractivity contribution in [3.05, 3.63) is 23.7 Å². The second-order valence-electron chi connectivity index (χ2n) is 3.90. The van der Waals surface area contributed by atoms with Gasteiger partial charge in [-0.3, -0.25) is 4.98 Å². The number of fused-ring (bicyclic) bond motifs is 1. The van der Waals surface area contributed by atoms with Gasteiger partial charge in [-0.05, 0) is 32.0 Å². The Morgan fingerprint density at radius 3 is 3.06 bits per heavy atom. The van der Waals surface area contributed by atoms with Crippen LogP contribution in [0.4, 0.5) is 0 Å². The molecule has 0 atom stereocenters. The first-order valence-electron chi connectivity index (χ1n) is 5.59. The highest BCUT2D eigenvalue weighted by molar-refractivity contribution is 5.90. The van der Waals surface area contributed by atoms with E-state index in [2.05, 4.69) is 22.2 Å². The monoisotopic (exact) mass is 219 g/mol. The Balaban J connectivity index is 2.36. The number of nitrogens with zero attached hydrogens (tertiary/aromatic N) is 1. The minimum absolute atomic E-state index is 0.258. The summed E-state index contributed by atoms with van der Waals surface area (Å²) < 4.78 is 0. The van der Waals surface area contributed by atoms with Gasteiger partial charge in [-0.25, -0.2) is 0 Å². The number of hydrogen-bond donors (Lipinski definition) is 3. The topological polar surface area (TPSA) is 60.9 Å². The molecular formula is C12H17N3O. The average molecular weight is 219 g/mol. The number of aryl methyl sites for hydroxylation is 1. The number of H-pyrrole nitrogens is 1. The van der Waals surface area contributed by atoms with Gasteiger partial charge in [-0.1, -0.05) is 6.92 Å². The zero-order chi connectivity index (χ0) is 11.5. The van der Waals surface area contributed by atoms with Crippen LogP contribution in [0.1, 0.15) is 18.2 Å². The molecule has 0 aliphatic rings. The SMILES string of the molecule is CCNCCc1c[nH]c2c(C)ncc(O)c12. The lowest BCUT2D eigenvalue weighted by Gasteiger charge is -2.03. The summed E-state index contributed by atoms with van der Waals surface area (Å²) in [5, 5.41) is 14.0. The molecule has 0 aromatic carbocycles. The maximum absolute atomic E-state index is 9.82. The summed E-state index contributed by atoms with van der Waals surface area (Å²) in [6, 6.07) is 0. The predicted molar refractivity (Wildman–Crippen MR) is 64.7 cm³/mol. The molecule has 0 amide bonds. The van der Waals surface area contributed by atoms with Crippen LogP contribution in [-0.2, 0) is 6.42 Å². The fraction of sp³-hybridized carbons (Fsp3) is 0.417. The Kier molecular flexibility index (Phi) is 3.10. The smallest absolute Gasteiger partial charge is 0.143 e. The first kappa shape index (κ1) is 11.0. The van der Waals surface area contributed by atoms with Crippen molar-refractivity contribution in [1.82, 2.24) is 15.3 Å². The van der Waals surface area contributed by atoms with Crippen molar-refractivity contribution in [1.29, 1.82) is 0 Å². The number of pyridine rings is 1. The lowest BCUT2D eigenvalue weighted by molar-refractivity contribution is 0.478. The van der Waals surface area contributed by atoms with Gasteiger partial charge in [0.2, 0.25) is 0 Å². The molecule has 0 unspecified atom stereocenters. The molecule has 16 heavy (non-hydrogen) atoms. The van der Waals surface area contributed by atoms with Crippen LogP contribution in [0.2, 0.25) is 0 Å². The molecule has 0 saturated carbocycles. The number of rotatable bonds is 4. The van der Waals surface area contributed by atoms with Crippen molar-refractivity contribution in [2.75, 3.05) is 13.1 Å². The molecule has 0 aliphatic heterocycles. The van der Waals surface area contributed by atoms with E-state index in [0.29, 0.717) is 0 Å². The predicted octanol–water partition coefficient (Wildman–Crippen LogP) is 1.73. The Hall–Kier alpha value is -1.55. The largest absolute Gasteiger partial charge is 0.506 e. The number of likely N-dealkylation sites (N-methyl/N-ethyl adjacent to an activating group) is 1. The standard InChI is InChI=1S/C12H17N3O/c1-3-13-5-4-9-6-15-12-8(2)14-7-10(16)11(9)12/h6-7,13,15-16H,3-5H2,1-2H3. The quantitative estimate of drug-likeness (QED) is 0.686. The summed E-state index contributed by atoms with van der Waals surface area (Å²) >= 11 is 0. The fourth-order valence-electron chi connectivity index (χ4n) is 1.93. The third-order valence-corrected chi connectivity index (χ3v) is 2.78. The molecule has 2 aromatic rings. The van der Waals surface area contributed by atoms with Gasteiger partial charge >= 0.3 is 0 Å². The maximum atomic E-state index is 9.82. The molecule has 86 valence electrons. The summed E-state index contributed by atoms with van der Waals surface area (Å²) in [5.74, 6) is 0.258. The zero-order valence-corrected chi connectivity index (χ0v) is 9.67. The molecule has 0 spiro atoms. The van der Waals surface area contributed by atoms with Crippen molar-refractivity contribution < 1.29 is 5.11 Å². The molecule has 2 aromatic heterocycles. The molecule has 0 radical (unpaired) electrons. The van der Waals surface area contributed by atoms with E-state index < -0.39 is 0 Å².